The van der Waals surface area contributed by atoms with Crippen LogP contribution in [0.4, 0.5) is 0 Å². The van der Waals surface area contributed by atoms with Crippen LogP contribution in [0.1, 0.15) is 45.2 Å². The number of thiazole rings is 1. The summed E-state index contributed by atoms with van der Waals surface area (Å²) in [5.74, 6) is 0.563. The molecular weight excluding hydrogens is 338 g/mol. The van der Waals surface area contributed by atoms with Gasteiger partial charge in [0.05, 0.1) is 25.3 Å². The number of aliphatic carboxylic acids is 1. The lowest BCUT2D eigenvalue weighted by Crippen LogP contribution is -2.01. The molecule has 0 amide bonds. The molecule has 1 N–H and O–H groups in total. The molecule has 0 aliphatic heterocycles. The SMILES string of the molecule is CCCCCCOc1ccc(-c2nc(CC(=O)O)cs2)cc1OCC. The number of ether oxygens (including phenoxy) is 2. The lowest BCUT2D eigenvalue weighted by Gasteiger charge is -2.13. The van der Waals surface area contributed by atoms with Crippen molar-refractivity contribution in [1.29, 1.82) is 0 Å². The third-order valence-corrected chi connectivity index (χ3v) is 4.57. The molecule has 1 aromatic heterocycles. The van der Waals surface area contributed by atoms with Gasteiger partial charge in [-0.05, 0) is 31.5 Å². The highest BCUT2D eigenvalue weighted by molar-refractivity contribution is 7.13. The van der Waals surface area contributed by atoms with Crippen LogP contribution in [0, 0.1) is 0 Å². The summed E-state index contributed by atoms with van der Waals surface area (Å²) in [6.45, 7) is 5.36. The maximum atomic E-state index is 10.8. The van der Waals surface area contributed by atoms with E-state index in [0.717, 1.165) is 22.7 Å². The molecule has 0 unspecified atom stereocenters. The first-order valence-corrected chi connectivity index (χ1v) is 9.58. The van der Waals surface area contributed by atoms with E-state index in [1.807, 2.05) is 25.1 Å². The fourth-order valence-corrected chi connectivity index (χ4v) is 3.23. The number of hydrogen-bond donors (Lipinski definition) is 1. The molecule has 0 bridgehead atoms. The van der Waals surface area contributed by atoms with E-state index in [-0.39, 0.29) is 6.42 Å². The van der Waals surface area contributed by atoms with Gasteiger partial charge in [0.15, 0.2) is 11.5 Å². The smallest absolute Gasteiger partial charge is 0.309 e. The van der Waals surface area contributed by atoms with Crippen LogP contribution in [0.15, 0.2) is 23.6 Å². The van der Waals surface area contributed by atoms with Crippen molar-refractivity contribution in [2.24, 2.45) is 0 Å². The molecule has 6 heteroatoms. The van der Waals surface area contributed by atoms with Crippen LogP contribution >= 0.6 is 11.3 Å². The molecule has 0 aliphatic rings. The van der Waals surface area contributed by atoms with Crippen molar-refractivity contribution in [3.63, 3.8) is 0 Å². The predicted octanol–water partition coefficient (Wildman–Crippen LogP) is 4.80. The molecule has 0 radical (unpaired) electrons. The maximum absolute atomic E-state index is 10.8. The third-order valence-electron chi connectivity index (χ3n) is 3.63. The van der Waals surface area contributed by atoms with Gasteiger partial charge in [-0.25, -0.2) is 4.98 Å². The summed E-state index contributed by atoms with van der Waals surface area (Å²) in [5.41, 5.74) is 1.48. The molecule has 1 heterocycles. The summed E-state index contributed by atoms with van der Waals surface area (Å²) in [5, 5.41) is 11.4. The van der Waals surface area contributed by atoms with E-state index in [0.29, 0.717) is 24.7 Å². The Bertz CT molecular complexity index is 684. The zero-order valence-corrected chi connectivity index (χ0v) is 15.6. The van der Waals surface area contributed by atoms with Gasteiger partial charge in [-0.3, -0.25) is 4.79 Å². The number of rotatable bonds is 11. The zero-order valence-electron chi connectivity index (χ0n) is 14.8. The predicted molar refractivity (Wildman–Crippen MR) is 99.7 cm³/mol. The second kappa shape index (κ2) is 10.0. The van der Waals surface area contributed by atoms with Gasteiger partial charge in [0.1, 0.15) is 5.01 Å². The summed E-state index contributed by atoms with van der Waals surface area (Å²) in [6.07, 6.45) is 4.57. The number of benzene rings is 1. The van der Waals surface area contributed by atoms with Gasteiger partial charge in [-0.1, -0.05) is 26.2 Å². The normalized spacial score (nSPS) is 10.6. The van der Waals surface area contributed by atoms with Crippen LogP contribution in [-0.4, -0.2) is 29.3 Å². The van der Waals surface area contributed by atoms with Gasteiger partial charge >= 0.3 is 5.97 Å². The fraction of sp³-hybridized carbons (Fsp3) is 0.474. The second-order valence-electron chi connectivity index (χ2n) is 5.72. The summed E-state index contributed by atoms with van der Waals surface area (Å²) in [6, 6.07) is 5.75. The Kier molecular flexibility index (Phi) is 7.73. The minimum absolute atomic E-state index is 0.0617. The monoisotopic (exact) mass is 363 g/mol. The van der Waals surface area contributed by atoms with E-state index in [1.165, 1.54) is 30.6 Å². The number of carboxylic acid groups (broad SMARTS) is 1. The van der Waals surface area contributed by atoms with E-state index >= 15 is 0 Å². The number of carbonyl (C=O) groups is 1. The Morgan fingerprint density at radius 2 is 2.00 bits per heavy atom. The van der Waals surface area contributed by atoms with Crippen molar-refractivity contribution >= 4 is 17.3 Å². The average Bonchev–Trinajstić information content (AvgIpc) is 3.03. The third kappa shape index (κ3) is 6.05. The molecule has 2 aromatic rings. The second-order valence-corrected chi connectivity index (χ2v) is 6.58. The summed E-state index contributed by atoms with van der Waals surface area (Å²) in [4.78, 5) is 15.2. The van der Waals surface area contributed by atoms with E-state index < -0.39 is 5.97 Å². The lowest BCUT2D eigenvalue weighted by atomic mass is 10.2. The number of aromatic nitrogens is 1. The minimum atomic E-state index is -0.876. The topological polar surface area (TPSA) is 68.7 Å². The van der Waals surface area contributed by atoms with E-state index in [9.17, 15) is 4.79 Å². The highest BCUT2D eigenvalue weighted by Gasteiger charge is 2.12. The molecule has 0 spiro atoms. The molecule has 136 valence electrons. The number of nitrogens with zero attached hydrogens (tertiary/aromatic N) is 1. The molecule has 1 aromatic carbocycles. The standard InChI is InChI=1S/C19H25NO4S/c1-3-5-6-7-10-24-16-9-8-14(11-17(16)23-4-2)19-20-15(13-25-19)12-18(21)22/h8-9,11,13H,3-7,10,12H2,1-2H3,(H,21,22). The van der Waals surface area contributed by atoms with Gasteiger partial charge in [-0.2, -0.15) is 0 Å². The van der Waals surface area contributed by atoms with Gasteiger partial charge in [0.25, 0.3) is 0 Å². The molecule has 2 rings (SSSR count). The Labute approximate surface area is 152 Å². The molecular formula is C19H25NO4S. The molecule has 25 heavy (non-hydrogen) atoms. The number of unbranched alkanes of at least 4 members (excludes halogenated alkanes) is 3. The van der Waals surface area contributed by atoms with Crippen LogP contribution < -0.4 is 9.47 Å². The summed E-state index contributed by atoms with van der Waals surface area (Å²) < 4.78 is 11.6. The molecule has 0 atom stereocenters. The summed E-state index contributed by atoms with van der Waals surface area (Å²) >= 11 is 1.43. The first kappa shape index (κ1) is 19.2. The fourth-order valence-electron chi connectivity index (χ4n) is 2.42. The van der Waals surface area contributed by atoms with Crippen LogP contribution in [0.25, 0.3) is 10.6 Å². The Hall–Kier alpha value is -2.08. The van der Waals surface area contributed by atoms with E-state index in [2.05, 4.69) is 11.9 Å². The quantitative estimate of drug-likeness (QED) is 0.581. The molecule has 5 nitrogen and oxygen atoms in total. The van der Waals surface area contributed by atoms with Gasteiger partial charge in [0, 0.05) is 10.9 Å². The maximum Gasteiger partial charge on any atom is 0.309 e. The van der Waals surface area contributed by atoms with Gasteiger partial charge in [-0.15, -0.1) is 11.3 Å². The highest BCUT2D eigenvalue weighted by Crippen LogP contribution is 2.34. The van der Waals surface area contributed by atoms with Crippen LogP contribution in [0.3, 0.4) is 0 Å². The van der Waals surface area contributed by atoms with E-state index in [1.54, 1.807) is 5.38 Å². The van der Waals surface area contributed by atoms with Crippen molar-refractivity contribution in [2.45, 2.75) is 46.0 Å². The van der Waals surface area contributed by atoms with E-state index in [4.69, 9.17) is 14.6 Å². The van der Waals surface area contributed by atoms with Crippen molar-refractivity contribution in [3.05, 3.63) is 29.3 Å². The van der Waals surface area contributed by atoms with Gasteiger partial charge < -0.3 is 14.6 Å². The van der Waals surface area contributed by atoms with Crippen LogP contribution in [0.5, 0.6) is 11.5 Å². The summed E-state index contributed by atoms with van der Waals surface area (Å²) in [7, 11) is 0. The largest absolute Gasteiger partial charge is 0.490 e. The first-order chi connectivity index (χ1) is 12.1. The van der Waals surface area contributed by atoms with Gasteiger partial charge in [0.2, 0.25) is 0 Å². The Morgan fingerprint density at radius 1 is 1.16 bits per heavy atom. The average molecular weight is 363 g/mol. The van der Waals surface area contributed by atoms with Crippen molar-refractivity contribution in [3.8, 4) is 22.1 Å². The van der Waals surface area contributed by atoms with Crippen LogP contribution in [0.2, 0.25) is 0 Å². The molecule has 0 saturated heterocycles. The minimum Gasteiger partial charge on any atom is -0.490 e. The molecule has 0 fully saturated rings. The first-order valence-electron chi connectivity index (χ1n) is 8.70. The molecule has 0 aliphatic carbocycles. The van der Waals surface area contributed by atoms with Crippen molar-refractivity contribution < 1.29 is 19.4 Å². The Morgan fingerprint density at radius 3 is 2.72 bits per heavy atom. The number of carboxylic acids is 1. The zero-order chi connectivity index (χ0) is 18.1. The van der Waals surface area contributed by atoms with Crippen LogP contribution in [-0.2, 0) is 11.2 Å². The lowest BCUT2D eigenvalue weighted by molar-refractivity contribution is -0.136. The highest BCUT2D eigenvalue weighted by atomic mass is 32.1. The van der Waals surface area contributed by atoms with Crippen molar-refractivity contribution in [2.75, 3.05) is 13.2 Å². The van der Waals surface area contributed by atoms with Crippen molar-refractivity contribution in [1.82, 2.24) is 4.98 Å². The number of hydrogen-bond acceptors (Lipinski definition) is 5. The molecule has 0 saturated carbocycles. The Balaban J connectivity index is 2.08.